The van der Waals surface area contributed by atoms with E-state index in [1.54, 1.807) is 23.5 Å². The molecule has 5 heteroatoms. The van der Waals surface area contributed by atoms with Crippen molar-refractivity contribution in [3.63, 3.8) is 0 Å². The van der Waals surface area contributed by atoms with E-state index in [-0.39, 0.29) is 11.9 Å². The van der Waals surface area contributed by atoms with E-state index in [9.17, 15) is 9.59 Å². The summed E-state index contributed by atoms with van der Waals surface area (Å²) >= 11 is 1.67. The molecule has 1 N–H and O–H groups in total. The zero-order valence-electron chi connectivity index (χ0n) is 12.7. The summed E-state index contributed by atoms with van der Waals surface area (Å²) in [6, 6.07) is 5.39. The van der Waals surface area contributed by atoms with Crippen LogP contribution in [0.1, 0.15) is 45.6 Å². The smallest absolute Gasteiger partial charge is 0.344 e. The summed E-state index contributed by atoms with van der Waals surface area (Å²) in [6.07, 6.45) is 5.55. The maximum Gasteiger partial charge on any atom is 0.344 e. The van der Waals surface area contributed by atoms with Crippen LogP contribution in [-0.2, 0) is 24.1 Å². The molecule has 118 valence electrons. The van der Waals surface area contributed by atoms with Gasteiger partial charge >= 0.3 is 5.97 Å². The first kappa shape index (κ1) is 14.5. The number of rotatable bonds is 2. The molecule has 2 heterocycles. The lowest BCUT2D eigenvalue weighted by Gasteiger charge is -2.17. The summed E-state index contributed by atoms with van der Waals surface area (Å²) in [5, 5.41) is 4.76. The molecular formula is C18H17NO3S. The first-order chi connectivity index (χ1) is 11.2. The molecule has 1 aromatic heterocycles. The van der Waals surface area contributed by atoms with Crippen LogP contribution >= 0.6 is 11.3 Å². The van der Waals surface area contributed by atoms with E-state index in [1.807, 2.05) is 11.4 Å². The Balaban J connectivity index is 1.55. The number of ether oxygens (including phenoxy) is 1. The van der Waals surface area contributed by atoms with Crippen molar-refractivity contribution in [2.24, 2.45) is 0 Å². The number of aryl methyl sites for hydroxylation is 2. The fourth-order valence-electron chi connectivity index (χ4n) is 3.25. The lowest BCUT2D eigenvalue weighted by atomic mass is 9.96. The first-order valence-electron chi connectivity index (χ1n) is 7.95. The van der Waals surface area contributed by atoms with Gasteiger partial charge in [0.15, 0.2) is 0 Å². The van der Waals surface area contributed by atoms with Crippen molar-refractivity contribution in [3.05, 3.63) is 45.1 Å². The highest BCUT2D eigenvalue weighted by atomic mass is 32.1. The van der Waals surface area contributed by atoms with Gasteiger partial charge in [0.1, 0.15) is 5.75 Å². The summed E-state index contributed by atoms with van der Waals surface area (Å²) in [4.78, 5) is 25.2. The van der Waals surface area contributed by atoms with Crippen LogP contribution in [0.4, 0.5) is 5.69 Å². The van der Waals surface area contributed by atoms with Crippen LogP contribution in [0.25, 0.3) is 0 Å². The Labute approximate surface area is 138 Å². The minimum Gasteiger partial charge on any atom is -0.423 e. The molecule has 1 aromatic carbocycles. The second kappa shape index (κ2) is 5.81. The molecule has 2 aliphatic rings. The molecule has 0 saturated carbocycles. The number of amides is 1. The summed E-state index contributed by atoms with van der Waals surface area (Å²) < 4.78 is 5.57. The van der Waals surface area contributed by atoms with Gasteiger partial charge in [-0.2, -0.15) is 0 Å². The fraction of sp³-hybridized carbons (Fsp3) is 0.333. The van der Waals surface area contributed by atoms with Gasteiger partial charge < -0.3 is 10.1 Å². The number of carbonyl (C=O) groups is 2. The van der Waals surface area contributed by atoms with Gasteiger partial charge in [-0.3, -0.25) is 4.79 Å². The van der Waals surface area contributed by atoms with Gasteiger partial charge in [-0.15, -0.1) is 11.3 Å². The zero-order valence-corrected chi connectivity index (χ0v) is 13.5. The number of nitrogens with one attached hydrogen (secondary N) is 1. The maximum absolute atomic E-state index is 12.5. The van der Waals surface area contributed by atoms with Gasteiger partial charge in [-0.05, 0) is 61.4 Å². The summed E-state index contributed by atoms with van der Waals surface area (Å²) in [5.74, 6) is 0.303. The molecule has 0 unspecified atom stereocenters. The van der Waals surface area contributed by atoms with Crippen LogP contribution in [0, 0.1) is 0 Å². The molecule has 0 radical (unpaired) electrons. The van der Waals surface area contributed by atoms with Gasteiger partial charge in [0, 0.05) is 22.4 Å². The second-order valence-corrected chi connectivity index (χ2v) is 6.98. The highest BCUT2D eigenvalue weighted by molar-refractivity contribution is 7.10. The maximum atomic E-state index is 12.5. The molecule has 1 amide bonds. The molecule has 0 bridgehead atoms. The minimum atomic E-state index is -0.274. The van der Waals surface area contributed by atoms with Crippen molar-refractivity contribution < 1.29 is 14.3 Å². The molecule has 23 heavy (non-hydrogen) atoms. The number of benzene rings is 1. The highest BCUT2D eigenvalue weighted by Gasteiger charge is 2.22. The Bertz CT molecular complexity index is 794. The van der Waals surface area contributed by atoms with E-state index in [0.29, 0.717) is 18.6 Å². The summed E-state index contributed by atoms with van der Waals surface area (Å²) in [6.45, 7) is 0. The van der Waals surface area contributed by atoms with Gasteiger partial charge in [0.05, 0.1) is 5.56 Å². The summed E-state index contributed by atoms with van der Waals surface area (Å²) in [7, 11) is 0. The third kappa shape index (κ3) is 2.77. The van der Waals surface area contributed by atoms with Crippen molar-refractivity contribution in [1.29, 1.82) is 0 Å². The third-order valence-electron chi connectivity index (χ3n) is 4.46. The Morgan fingerprint density at radius 3 is 2.91 bits per heavy atom. The number of carbonyl (C=O) groups excluding carboxylic acids is 2. The fourth-order valence-corrected chi connectivity index (χ4v) is 4.37. The van der Waals surface area contributed by atoms with E-state index in [0.717, 1.165) is 36.1 Å². The number of hydrogen-bond acceptors (Lipinski definition) is 4. The number of esters is 1. The van der Waals surface area contributed by atoms with Crippen molar-refractivity contribution in [2.45, 2.75) is 38.5 Å². The third-order valence-corrected chi connectivity index (χ3v) is 5.55. The monoisotopic (exact) mass is 327 g/mol. The van der Waals surface area contributed by atoms with Crippen molar-refractivity contribution in [2.75, 3.05) is 5.32 Å². The minimum absolute atomic E-state index is 0.0344. The molecule has 0 atom stereocenters. The van der Waals surface area contributed by atoms with Gasteiger partial charge in [0.2, 0.25) is 5.91 Å². The molecule has 4 nitrogen and oxygen atoms in total. The Morgan fingerprint density at radius 1 is 1.13 bits per heavy atom. The van der Waals surface area contributed by atoms with Gasteiger partial charge in [-0.25, -0.2) is 4.79 Å². The number of fused-ring (bicyclic) bond motifs is 2. The molecule has 1 aliphatic heterocycles. The lowest BCUT2D eigenvalue weighted by Crippen LogP contribution is -2.19. The van der Waals surface area contributed by atoms with Crippen LogP contribution in [0.15, 0.2) is 23.6 Å². The zero-order chi connectivity index (χ0) is 15.8. The summed E-state index contributed by atoms with van der Waals surface area (Å²) in [5.41, 5.74) is 3.73. The number of anilines is 1. The number of thiophene rings is 1. The molecule has 0 fully saturated rings. The van der Waals surface area contributed by atoms with Crippen molar-refractivity contribution in [1.82, 2.24) is 0 Å². The normalized spacial score (nSPS) is 16.3. The van der Waals surface area contributed by atoms with E-state index >= 15 is 0 Å². The second-order valence-electron chi connectivity index (χ2n) is 6.01. The SMILES string of the molecule is O=C1CCc2cc(OC(=O)c3csc4c3CCCC4)ccc2N1. The average molecular weight is 327 g/mol. The Morgan fingerprint density at radius 2 is 2.00 bits per heavy atom. The largest absolute Gasteiger partial charge is 0.423 e. The highest BCUT2D eigenvalue weighted by Crippen LogP contribution is 2.32. The van der Waals surface area contributed by atoms with E-state index in [4.69, 9.17) is 4.74 Å². The predicted molar refractivity (Wildman–Crippen MR) is 89.3 cm³/mol. The van der Waals surface area contributed by atoms with Gasteiger partial charge in [-0.1, -0.05) is 0 Å². The standard InChI is InChI=1S/C18H17NO3S/c20-17-8-5-11-9-12(6-7-15(11)19-17)22-18(21)14-10-23-16-4-2-1-3-13(14)16/h6-7,9-10H,1-5,8H2,(H,19,20). The van der Waals surface area contributed by atoms with Crippen LogP contribution in [0.2, 0.25) is 0 Å². The molecular weight excluding hydrogens is 310 g/mol. The number of hydrogen-bond donors (Lipinski definition) is 1. The predicted octanol–water partition coefficient (Wildman–Crippen LogP) is 3.73. The average Bonchev–Trinajstić information content (AvgIpc) is 2.99. The topological polar surface area (TPSA) is 55.4 Å². The lowest BCUT2D eigenvalue weighted by molar-refractivity contribution is -0.116. The molecule has 1 aliphatic carbocycles. The van der Waals surface area contributed by atoms with E-state index in [2.05, 4.69) is 5.32 Å². The Kier molecular flexibility index (Phi) is 3.65. The van der Waals surface area contributed by atoms with Crippen LogP contribution in [-0.4, -0.2) is 11.9 Å². The van der Waals surface area contributed by atoms with Crippen LogP contribution in [0.3, 0.4) is 0 Å². The van der Waals surface area contributed by atoms with Gasteiger partial charge in [0.25, 0.3) is 0 Å². The molecule has 0 saturated heterocycles. The molecule has 0 spiro atoms. The molecule has 4 rings (SSSR count). The Hall–Kier alpha value is -2.14. The van der Waals surface area contributed by atoms with E-state index in [1.165, 1.54) is 16.9 Å². The first-order valence-corrected chi connectivity index (χ1v) is 8.83. The van der Waals surface area contributed by atoms with Crippen LogP contribution in [0.5, 0.6) is 5.75 Å². The quantitative estimate of drug-likeness (QED) is 0.675. The molecule has 2 aromatic rings. The van der Waals surface area contributed by atoms with E-state index < -0.39 is 0 Å². The van der Waals surface area contributed by atoms with Crippen LogP contribution < -0.4 is 10.1 Å². The van der Waals surface area contributed by atoms with Crippen molar-refractivity contribution in [3.8, 4) is 5.75 Å². The van der Waals surface area contributed by atoms with Crippen molar-refractivity contribution >= 4 is 28.9 Å².